The van der Waals surface area contributed by atoms with Crippen LogP contribution in [0.15, 0.2) is 36.6 Å². The van der Waals surface area contributed by atoms with E-state index in [1.54, 1.807) is 0 Å². The van der Waals surface area contributed by atoms with Gasteiger partial charge in [-0.15, -0.1) is 5.73 Å². The van der Waals surface area contributed by atoms with Gasteiger partial charge in [0.2, 0.25) is 0 Å². The molecular weight excluding hydrogens is 213 g/mol. The molecule has 0 bridgehead atoms. The van der Waals surface area contributed by atoms with Gasteiger partial charge in [-0.25, -0.2) is 0 Å². The molecule has 0 radical (unpaired) electrons. The highest BCUT2D eigenvalue weighted by Crippen LogP contribution is 2.33. The summed E-state index contributed by atoms with van der Waals surface area (Å²) in [6, 6.07) is 5.34. The molecule has 0 aliphatic rings. The maximum absolute atomic E-state index is 12.3. The molecule has 0 fully saturated rings. The van der Waals surface area contributed by atoms with Crippen LogP contribution in [0.25, 0.3) is 5.57 Å². The average Bonchev–Trinajstić information content (AvgIpc) is 2.07. The molecule has 1 aromatic carbocycles. The summed E-state index contributed by atoms with van der Waals surface area (Å²) in [6.45, 7) is 3.01. The number of rotatable bonds is 1. The summed E-state index contributed by atoms with van der Waals surface area (Å²) in [4.78, 5) is 0. The Morgan fingerprint density at radius 2 is 1.71 bits per heavy atom. The van der Waals surface area contributed by atoms with Gasteiger partial charge in [0.25, 0.3) is 0 Å². The zero-order valence-corrected chi connectivity index (χ0v) is 7.78. The first-order valence-electron chi connectivity index (χ1n) is 3.68. The van der Waals surface area contributed by atoms with Crippen LogP contribution < -0.4 is 0 Å². The first-order valence-corrected chi connectivity index (χ1v) is 4.06. The molecule has 4 heteroatoms. The van der Waals surface area contributed by atoms with Crippen LogP contribution in [-0.2, 0) is 0 Å². The lowest BCUT2D eigenvalue weighted by Gasteiger charge is -2.08. The normalized spacial score (nSPS) is 10.9. The molecule has 0 aromatic heterocycles. The van der Waals surface area contributed by atoms with Gasteiger partial charge in [-0.3, -0.25) is 0 Å². The number of halogens is 4. The number of allylic oxidation sites excluding steroid dienone is 1. The van der Waals surface area contributed by atoms with E-state index in [0.717, 1.165) is 0 Å². The fourth-order valence-electron chi connectivity index (χ4n) is 0.983. The summed E-state index contributed by atoms with van der Waals surface area (Å²) in [5.74, 6) is 0. The van der Waals surface area contributed by atoms with Gasteiger partial charge in [0.1, 0.15) is 5.57 Å². The summed E-state index contributed by atoms with van der Waals surface area (Å²) < 4.78 is 37.0. The third-order valence-electron chi connectivity index (χ3n) is 1.59. The van der Waals surface area contributed by atoms with E-state index >= 15 is 0 Å². The van der Waals surface area contributed by atoms with Crippen molar-refractivity contribution < 1.29 is 13.2 Å². The molecule has 0 saturated heterocycles. The molecule has 0 saturated carbocycles. The molecule has 14 heavy (non-hydrogen) atoms. The summed E-state index contributed by atoms with van der Waals surface area (Å²) in [7, 11) is 0. The standard InChI is InChI=1S/C10H6ClF3/c1-2-9(10(12,13)14)7-3-5-8(11)6-4-7/h3-6H,1H2. The molecule has 0 spiro atoms. The van der Waals surface area contributed by atoms with Gasteiger partial charge in [0.05, 0.1) is 0 Å². The van der Waals surface area contributed by atoms with Crippen molar-refractivity contribution in [2.24, 2.45) is 0 Å². The Morgan fingerprint density at radius 3 is 2.07 bits per heavy atom. The molecule has 0 amide bonds. The Kier molecular flexibility index (Phi) is 3.04. The molecule has 0 atom stereocenters. The second-order valence-corrected chi connectivity index (χ2v) is 2.99. The first kappa shape index (κ1) is 10.9. The maximum Gasteiger partial charge on any atom is 0.424 e. The van der Waals surface area contributed by atoms with Crippen LogP contribution in [0.5, 0.6) is 0 Å². The summed E-state index contributed by atoms with van der Waals surface area (Å²) in [6.07, 6.45) is -4.43. The van der Waals surface area contributed by atoms with Crippen molar-refractivity contribution in [1.82, 2.24) is 0 Å². The molecule has 0 nitrogen and oxygen atoms in total. The quantitative estimate of drug-likeness (QED) is 0.624. The van der Waals surface area contributed by atoms with E-state index in [9.17, 15) is 13.2 Å². The van der Waals surface area contributed by atoms with Crippen LogP contribution in [0.3, 0.4) is 0 Å². The third kappa shape index (κ3) is 2.41. The smallest absolute Gasteiger partial charge is 0.165 e. The minimum absolute atomic E-state index is 0.0110. The Balaban J connectivity index is 3.16. The molecule has 0 aliphatic heterocycles. The van der Waals surface area contributed by atoms with Crippen molar-refractivity contribution in [3.8, 4) is 0 Å². The minimum atomic E-state index is -4.43. The van der Waals surface area contributed by atoms with E-state index in [-0.39, 0.29) is 5.56 Å². The van der Waals surface area contributed by atoms with Crippen LogP contribution in [0.4, 0.5) is 13.2 Å². The van der Waals surface area contributed by atoms with E-state index in [1.807, 2.05) is 5.73 Å². The Labute approximate surface area is 84.3 Å². The average molecular weight is 219 g/mol. The molecule has 74 valence electrons. The molecule has 0 N–H and O–H groups in total. The van der Waals surface area contributed by atoms with Gasteiger partial charge >= 0.3 is 6.18 Å². The zero-order valence-electron chi connectivity index (χ0n) is 7.03. The lowest BCUT2D eigenvalue weighted by Crippen LogP contribution is -2.09. The zero-order chi connectivity index (χ0) is 10.8. The van der Waals surface area contributed by atoms with Gasteiger partial charge in [-0.1, -0.05) is 30.3 Å². The minimum Gasteiger partial charge on any atom is -0.165 e. The summed E-state index contributed by atoms with van der Waals surface area (Å²) >= 11 is 5.55. The number of alkyl halides is 3. The summed E-state index contributed by atoms with van der Waals surface area (Å²) in [5.41, 5.74) is 1.01. The number of benzene rings is 1. The van der Waals surface area contributed by atoms with Gasteiger partial charge in [-0.2, -0.15) is 13.2 Å². The second kappa shape index (κ2) is 3.91. The van der Waals surface area contributed by atoms with Crippen LogP contribution >= 0.6 is 11.6 Å². The fraction of sp³-hybridized carbons (Fsp3) is 0.100. The predicted molar refractivity (Wildman–Crippen MR) is 50.1 cm³/mol. The Hall–Kier alpha value is -1.18. The van der Waals surface area contributed by atoms with Crippen LogP contribution in [0.2, 0.25) is 5.02 Å². The van der Waals surface area contributed by atoms with Crippen LogP contribution in [0, 0.1) is 0 Å². The van der Waals surface area contributed by atoms with Gasteiger partial charge in [0.15, 0.2) is 0 Å². The van der Waals surface area contributed by atoms with E-state index in [2.05, 4.69) is 6.58 Å². The van der Waals surface area contributed by atoms with Crippen molar-refractivity contribution in [2.45, 2.75) is 6.18 Å². The maximum atomic E-state index is 12.3. The topological polar surface area (TPSA) is 0 Å². The van der Waals surface area contributed by atoms with Gasteiger partial charge in [-0.05, 0) is 17.7 Å². The lowest BCUT2D eigenvalue weighted by molar-refractivity contribution is -0.0687. The molecule has 0 heterocycles. The Morgan fingerprint density at radius 1 is 1.21 bits per heavy atom. The molecule has 1 aromatic rings. The summed E-state index contributed by atoms with van der Waals surface area (Å²) in [5, 5.41) is 0.388. The van der Waals surface area contributed by atoms with Crippen molar-refractivity contribution >= 4 is 17.2 Å². The third-order valence-corrected chi connectivity index (χ3v) is 1.85. The van der Waals surface area contributed by atoms with Crippen LogP contribution in [0.1, 0.15) is 5.56 Å². The molecule has 0 aliphatic carbocycles. The molecular formula is C10H6ClF3. The van der Waals surface area contributed by atoms with E-state index in [4.69, 9.17) is 11.6 Å². The fourth-order valence-corrected chi connectivity index (χ4v) is 1.11. The van der Waals surface area contributed by atoms with Crippen molar-refractivity contribution in [3.05, 3.63) is 47.2 Å². The highest BCUT2D eigenvalue weighted by Gasteiger charge is 2.34. The van der Waals surface area contributed by atoms with Crippen LogP contribution in [-0.4, -0.2) is 6.18 Å². The van der Waals surface area contributed by atoms with Crippen molar-refractivity contribution in [3.63, 3.8) is 0 Å². The molecule has 1 rings (SSSR count). The van der Waals surface area contributed by atoms with Gasteiger partial charge in [0, 0.05) is 5.02 Å². The number of hydrogen-bond acceptors (Lipinski definition) is 0. The number of hydrogen-bond donors (Lipinski definition) is 0. The highest BCUT2D eigenvalue weighted by atomic mass is 35.5. The first-order chi connectivity index (χ1) is 6.45. The lowest BCUT2D eigenvalue weighted by atomic mass is 10.1. The Bertz CT molecular complexity index is 369. The van der Waals surface area contributed by atoms with Crippen molar-refractivity contribution in [1.29, 1.82) is 0 Å². The van der Waals surface area contributed by atoms with E-state index < -0.39 is 11.7 Å². The highest BCUT2D eigenvalue weighted by molar-refractivity contribution is 6.30. The monoisotopic (exact) mass is 218 g/mol. The predicted octanol–water partition coefficient (Wildman–Crippen LogP) is 4.07. The van der Waals surface area contributed by atoms with E-state index in [1.165, 1.54) is 24.3 Å². The van der Waals surface area contributed by atoms with Crippen molar-refractivity contribution in [2.75, 3.05) is 0 Å². The SMILES string of the molecule is C=C=C(c1ccc(Cl)cc1)C(F)(F)F. The second-order valence-electron chi connectivity index (χ2n) is 2.56. The van der Waals surface area contributed by atoms with Gasteiger partial charge < -0.3 is 0 Å². The molecule has 0 unspecified atom stereocenters. The van der Waals surface area contributed by atoms with E-state index in [0.29, 0.717) is 5.02 Å². The largest absolute Gasteiger partial charge is 0.424 e.